The highest BCUT2D eigenvalue weighted by molar-refractivity contribution is 6.07. The van der Waals surface area contributed by atoms with Crippen molar-refractivity contribution >= 4 is 22.6 Å². The Hall–Kier alpha value is -3.94. The number of hydrogen-bond acceptors (Lipinski definition) is 4. The van der Waals surface area contributed by atoms with Crippen LogP contribution in [0.15, 0.2) is 66.7 Å². The molecule has 8 heteroatoms. The summed E-state index contributed by atoms with van der Waals surface area (Å²) < 4.78 is 35.5. The van der Waals surface area contributed by atoms with E-state index in [0.29, 0.717) is 33.6 Å². The average molecular weight is 466 g/mol. The van der Waals surface area contributed by atoms with Crippen molar-refractivity contribution in [2.45, 2.75) is 39.4 Å². The fraction of sp³-hybridized carbons (Fsp3) is 0.231. The molecule has 0 aliphatic carbocycles. The zero-order valence-corrected chi connectivity index (χ0v) is 19.1. The number of para-hydroxylation sites is 1. The molecule has 0 aliphatic rings. The van der Waals surface area contributed by atoms with E-state index in [1.165, 1.54) is 6.07 Å². The van der Waals surface area contributed by atoms with E-state index >= 15 is 0 Å². The van der Waals surface area contributed by atoms with Crippen molar-refractivity contribution in [3.8, 4) is 11.5 Å². The lowest BCUT2D eigenvalue weighted by atomic mass is 9.87. The third kappa shape index (κ3) is 5.33. The number of anilines is 1. The number of H-pyrrole nitrogens is 1. The number of carbonyl (C=O) groups is 1. The number of fused-ring (bicyclic) bond motifs is 1. The molecule has 6 nitrogen and oxygen atoms in total. The monoisotopic (exact) mass is 465 g/mol. The molecule has 0 atom stereocenters. The van der Waals surface area contributed by atoms with Gasteiger partial charge in [-0.25, -0.2) is 0 Å². The number of nitrogens with one attached hydrogen (secondary N) is 2. The summed E-state index contributed by atoms with van der Waals surface area (Å²) >= 11 is 0. The largest absolute Gasteiger partial charge is 0.489 e. The highest BCUT2D eigenvalue weighted by atomic mass is 19.3. The molecule has 1 heterocycles. The van der Waals surface area contributed by atoms with Crippen molar-refractivity contribution in [3.63, 3.8) is 0 Å². The Kier molecular flexibility index (Phi) is 6.49. The Labute approximate surface area is 195 Å². The van der Waals surface area contributed by atoms with Crippen LogP contribution in [0.2, 0.25) is 0 Å². The SMILES string of the molecule is CC(C)(C)c1ccc(C(=O)Nc2n[nH]c3cc(OCc4ccccc4OC(F)F)ccc23)cc1. The van der Waals surface area contributed by atoms with Gasteiger partial charge >= 0.3 is 6.61 Å². The maximum atomic E-state index is 12.7. The number of aromatic amines is 1. The lowest BCUT2D eigenvalue weighted by Crippen LogP contribution is -2.14. The normalized spacial score (nSPS) is 11.6. The molecular weight excluding hydrogens is 440 g/mol. The van der Waals surface area contributed by atoms with Gasteiger partial charge in [0.2, 0.25) is 0 Å². The van der Waals surface area contributed by atoms with Gasteiger partial charge in [-0.2, -0.15) is 13.9 Å². The molecule has 0 radical (unpaired) electrons. The Morgan fingerprint density at radius 1 is 1.06 bits per heavy atom. The van der Waals surface area contributed by atoms with Gasteiger partial charge in [-0.3, -0.25) is 9.89 Å². The minimum Gasteiger partial charge on any atom is -0.489 e. The number of alkyl halides is 2. The molecule has 3 aromatic carbocycles. The van der Waals surface area contributed by atoms with Crippen LogP contribution >= 0.6 is 0 Å². The van der Waals surface area contributed by atoms with Crippen LogP contribution in [0.1, 0.15) is 42.3 Å². The van der Waals surface area contributed by atoms with Crippen molar-refractivity contribution in [3.05, 3.63) is 83.4 Å². The van der Waals surface area contributed by atoms with Crippen molar-refractivity contribution in [1.82, 2.24) is 10.2 Å². The van der Waals surface area contributed by atoms with Crippen molar-refractivity contribution in [1.29, 1.82) is 0 Å². The van der Waals surface area contributed by atoms with Gasteiger partial charge in [0, 0.05) is 22.6 Å². The van der Waals surface area contributed by atoms with Crippen molar-refractivity contribution in [2.75, 3.05) is 5.32 Å². The Balaban J connectivity index is 1.45. The van der Waals surface area contributed by atoms with E-state index in [-0.39, 0.29) is 23.7 Å². The molecule has 4 aromatic rings. The van der Waals surface area contributed by atoms with Gasteiger partial charge in [-0.1, -0.05) is 51.1 Å². The van der Waals surface area contributed by atoms with E-state index in [1.54, 1.807) is 48.5 Å². The molecule has 1 amide bonds. The molecule has 0 aliphatic heterocycles. The number of halogens is 2. The van der Waals surface area contributed by atoms with Crippen molar-refractivity contribution < 1.29 is 23.0 Å². The molecule has 2 N–H and O–H groups in total. The predicted molar refractivity (Wildman–Crippen MR) is 127 cm³/mol. The van der Waals surface area contributed by atoms with E-state index in [2.05, 4.69) is 41.0 Å². The van der Waals surface area contributed by atoms with E-state index in [4.69, 9.17) is 4.74 Å². The second-order valence-electron chi connectivity index (χ2n) is 8.84. The highest BCUT2D eigenvalue weighted by Gasteiger charge is 2.16. The smallest absolute Gasteiger partial charge is 0.387 e. The number of hydrogen-bond donors (Lipinski definition) is 2. The second kappa shape index (κ2) is 9.51. The minimum atomic E-state index is -2.91. The van der Waals surface area contributed by atoms with Gasteiger partial charge in [0.15, 0.2) is 5.82 Å². The van der Waals surface area contributed by atoms with Gasteiger partial charge in [-0.05, 0) is 41.3 Å². The van der Waals surface area contributed by atoms with Gasteiger partial charge in [0.25, 0.3) is 5.91 Å². The van der Waals surface area contributed by atoms with Gasteiger partial charge in [0.1, 0.15) is 18.1 Å². The number of aromatic nitrogens is 2. The van der Waals surface area contributed by atoms with E-state index in [9.17, 15) is 13.6 Å². The number of nitrogens with zero attached hydrogens (tertiary/aromatic N) is 1. The van der Waals surface area contributed by atoms with Gasteiger partial charge in [-0.15, -0.1) is 0 Å². The van der Waals surface area contributed by atoms with Crippen LogP contribution in [0, 0.1) is 0 Å². The molecular formula is C26H25F2N3O3. The average Bonchev–Trinajstić information content (AvgIpc) is 3.19. The Bertz CT molecular complexity index is 1290. The molecule has 0 spiro atoms. The summed E-state index contributed by atoms with van der Waals surface area (Å²) in [5, 5.41) is 10.6. The van der Waals surface area contributed by atoms with Crippen LogP contribution in [-0.2, 0) is 12.0 Å². The summed E-state index contributed by atoms with van der Waals surface area (Å²) in [4.78, 5) is 12.7. The van der Waals surface area contributed by atoms with Crippen LogP contribution in [-0.4, -0.2) is 22.7 Å². The first kappa shape index (κ1) is 23.2. The lowest BCUT2D eigenvalue weighted by molar-refractivity contribution is -0.0508. The topological polar surface area (TPSA) is 76.2 Å². The summed E-state index contributed by atoms with van der Waals surface area (Å²) in [7, 11) is 0. The van der Waals surface area contributed by atoms with Crippen LogP contribution < -0.4 is 14.8 Å². The molecule has 0 saturated heterocycles. The van der Waals surface area contributed by atoms with Crippen molar-refractivity contribution in [2.24, 2.45) is 0 Å². The fourth-order valence-electron chi connectivity index (χ4n) is 3.48. The summed E-state index contributed by atoms with van der Waals surface area (Å²) in [5.74, 6) is 0.728. The van der Waals surface area contributed by atoms with Crippen LogP contribution in [0.5, 0.6) is 11.5 Å². The molecule has 0 fully saturated rings. The zero-order chi connectivity index (χ0) is 24.3. The molecule has 4 rings (SSSR count). The number of ether oxygens (including phenoxy) is 2. The zero-order valence-electron chi connectivity index (χ0n) is 19.1. The molecule has 0 saturated carbocycles. The summed E-state index contributed by atoms with van der Waals surface area (Å²) in [5.41, 5.74) is 2.84. The Morgan fingerprint density at radius 2 is 1.79 bits per heavy atom. The van der Waals surface area contributed by atoms with E-state index < -0.39 is 6.61 Å². The minimum absolute atomic E-state index is 0.00516. The standard InChI is InChI=1S/C26H25F2N3O3/c1-26(2,3)18-10-8-16(9-11-18)24(32)29-23-20-13-12-19(14-21(20)30-31-23)33-15-17-6-4-5-7-22(17)34-25(27)28/h4-14,25H,15H2,1-3H3,(H2,29,30,31,32). The van der Waals surface area contributed by atoms with Gasteiger partial charge in [0.05, 0.1) is 5.52 Å². The first-order valence-electron chi connectivity index (χ1n) is 10.8. The van der Waals surface area contributed by atoms with Crippen LogP contribution in [0.3, 0.4) is 0 Å². The maximum absolute atomic E-state index is 12.7. The Morgan fingerprint density at radius 3 is 2.50 bits per heavy atom. The highest BCUT2D eigenvalue weighted by Crippen LogP contribution is 2.28. The predicted octanol–water partition coefficient (Wildman–Crippen LogP) is 6.29. The maximum Gasteiger partial charge on any atom is 0.387 e. The molecule has 176 valence electrons. The number of carbonyl (C=O) groups excluding carboxylic acids is 1. The van der Waals surface area contributed by atoms with E-state index in [1.807, 2.05) is 12.1 Å². The summed E-state index contributed by atoms with van der Waals surface area (Å²) in [6.45, 7) is 3.49. The molecule has 0 unspecified atom stereocenters. The summed E-state index contributed by atoms with van der Waals surface area (Å²) in [6, 6.07) is 19.2. The van der Waals surface area contributed by atoms with Gasteiger partial charge < -0.3 is 14.8 Å². The fourth-order valence-corrected chi connectivity index (χ4v) is 3.48. The van der Waals surface area contributed by atoms with Crippen LogP contribution in [0.25, 0.3) is 10.9 Å². The van der Waals surface area contributed by atoms with Crippen LogP contribution in [0.4, 0.5) is 14.6 Å². The summed E-state index contributed by atoms with van der Waals surface area (Å²) in [6.07, 6.45) is 0. The molecule has 0 bridgehead atoms. The molecule has 34 heavy (non-hydrogen) atoms. The first-order chi connectivity index (χ1) is 16.2. The lowest BCUT2D eigenvalue weighted by Gasteiger charge is -2.18. The number of amides is 1. The number of benzene rings is 3. The molecule has 1 aromatic heterocycles. The third-order valence-electron chi connectivity index (χ3n) is 5.36. The first-order valence-corrected chi connectivity index (χ1v) is 10.8. The second-order valence-corrected chi connectivity index (χ2v) is 8.84. The quantitative estimate of drug-likeness (QED) is 0.336. The number of rotatable bonds is 7. The van der Waals surface area contributed by atoms with E-state index in [0.717, 1.165) is 5.56 Å². The third-order valence-corrected chi connectivity index (χ3v) is 5.36.